The number of nitrogens with zero attached hydrogens (tertiary/aromatic N) is 3. The molecule has 0 heterocycles. The van der Waals surface area contributed by atoms with E-state index < -0.39 is 4.92 Å². The molecule has 2 rings (SSSR count). The van der Waals surface area contributed by atoms with Gasteiger partial charge >= 0.3 is 0 Å². The Kier molecular flexibility index (Phi) is 4.13. The number of aromatic hydroxyl groups is 1. The maximum atomic E-state index is 10.6. The van der Waals surface area contributed by atoms with E-state index in [1.165, 1.54) is 37.4 Å². The smallest absolute Gasteiger partial charge is 0.269 e. The second kappa shape index (κ2) is 6.00. The highest BCUT2D eigenvalue weighted by Gasteiger charge is 2.07. The third-order valence-electron chi connectivity index (χ3n) is 2.83. The zero-order chi connectivity index (χ0) is 15.4. The molecule has 0 aromatic heterocycles. The summed E-state index contributed by atoms with van der Waals surface area (Å²) < 4.78 is 5.17. The second-order valence-corrected chi connectivity index (χ2v) is 4.28. The summed E-state index contributed by atoms with van der Waals surface area (Å²) in [6.45, 7) is 1.75. The molecule has 0 saturated carbocycles. The molecule has 1 N–H and O–H groups in total. The van der Waals surface area contributed by atoms with E-state index in [-0.39, 0.29) is 11.4 Å². The lowest BCUT2D eigenvalue weighted by atomic mass is 10.2. The van der Waals surface area contributed by atoms with Gasteiger partial charge in [-0.1, -0.05) is 0 Å². The van der Waals surface area contributed by atoms with Crippen molar-refractivity contribution in [2.45, 2.75) is 6.92 Å². The number of ether oxygens (including phenoxy) is 1. The van der Waals surface area contributed by atoms with Gasteiger partial charge in [-0.2, -0.15) is 5.11 Å². The van der Waals surface area contributed by atoms with Gasteiger partial charge in [0.15, 0.2) is 0 Å². The third-order valence-corrected chi connectivity index (χ3v) is 2.83. The van der Waals surface area contributed by atoms with Crippen LogP contribution in [0.15, 0.2) is 46.6 Å². The summed E-state index contributed by atoms with van der Waals surface area (Å²) in [4.78, 5) is 10.1. The average Bonchev–Trinajstić information content (AvgIpc) is 2.48. The van der Waals surface area contributed by atoms with Gasteiger partial charge in [-0.05, 0) is 30.7 Å². The van der Waals surface area contributed by atoms with Crippen LogP contribution in [0.3, 0.4) is 0 Å². The van der Waals surface area contributed by atoms with E-state index in [0.29, 0.717) is 22.7 Å². The van der Waals surface area contributed by atoms with Crippen LogP contribution in [0.4, 0.5) is 17.1 Å². The third kappa shape index (κ3) is 3.33. The normalized spacial score (nSPS) is 10.8. The van der Waals surface area contributed by atoms with Crippen molar-refractivity contribution in [3.63, 3.8) is 0 Å². The molecule has 0 fully saturated rings. The number of azo groups is 1. The predicted molar refractivity (Wildman–Crippen MR) is 76.7 cm³/mol. The Morgan fingerprint density at radius 3 is 2.43 bits per heavy atom. The molecular formula is C14H13N3O4. The van der Waals surface area contributed by atoms with Gasteiger partial charge in [-0.25, -0.2) is 0 Å². The fourth-order valence-electron chi connectivity index (χ4n) is 1.65. The predicted octanol–water partition coefficient (Wildman–Crippen LogP) is 4.03. The van der Waals surface area contributed by atoms with Gasteiger partial charge in [-0.15, -0.1) is 5.11 Å². The number of hydrogen-bond donors (Lipinski definition) is 1. The molecule has 7 nitrogen and oxygen atoms in total. The maximum Gasteiger partial charge on any atom is 0.269 e. The molecule has 7 heteroatoms. The molecule has 108 valence electrons. The van der Waals surface area contributed by atoms with Crippen LogP contribution in [0, 0.1) is 17.0 Å². The van der Waals surface area contributed by atoms with Gasteiger partial charge in [0, 0.05) is 18.2 Å². The Morgan fingerprint density at radius 1 is 1.19 bits per heavy atom. The van der Waals surface area contributed by atoms with Crippen LogP contribution in [0.25, 0.3) is 0 Å². The quantitative estimate of drug-likeness (QED) is 0.521. The number of phenols is 1. The number of phenolic OH excluding ortho intramolecular Hbond substituents is 1. The number of nitro groups is 1. The van der Waals surface area contributed by atoms with Gasteiger partial charge in [0.05, 0.1) is 17.7 Å². The zero-order valence-electron chi connectivity index (χ0n) is 11.5. The van der Waals surface area contributed by atoms with Crippen LogP contribution in [-0.2, 0) is 0 Å². The van der Waals surface area contributed by atoms with Crippen LogP contribution < -0.4 is 4.74 Å². The fraction of sp³-hybridized carbons (Fsp3) is 0.143. The lowest BCUT2D eigenvalue weighted by molar-refractivity contribution is -0.384. The van der Waals surface area contributed by atoms with Crippen LogP contribution in [0.5, 0.6) is 11.5 Å². The van der Waals surface area contributed by atoms with E-state index in [0.717, 1.165) is 0 Å². The van der Waals surface area contributed by atoms with E-state index in [4.69, 9.17) is 4.74 Å². The Balaban J connectivity index is 2.28. The molecule has 0 unspecified atom stereocenters. The standard InChI is InChI=1S/C14H13N3O4/c1-9-7-14(21-2)12(8-13(9)18)16-15-10-3-5-11(6-4-10)17(19)20/h3-8,18H,1-2H3. The summed E-state index contributed by atoms with van der Waals surface area (Å²) >= 11 is 0. The highest BCUT2D eigenvalue weighted by molar-refractivity contribution is 5.58. The van der Waals surface area contributed by atoms with Crippen LogP contribution in [0.1, 0.15) is 5.56 Å². The summed E-state index contributed by atoms with van der Waals surface area (Å²) in [5.74, 6) is 0.574. The van der Waals surface area contributed by atoms with E-state index in [1.54, 1.807) is 13.0 Å². The van der Waals surface area contributed by atoms with E-state index in [1.807, 2.05) is 0 Å². The van der Waals surface area contributed by atoms with Gasteiger partial charge in [0.25, 0.3) is 5.69 Å². The molecule has 0 aliphatic rings. The van der Waals surface area contributed by atoms with Crippen molar-refractivity contribution in [1.29, 1.82) is 0 Å². The molecule has 2 aromatic rings. The number of benzene rings is 2. The van der Waals surface area contributed by atoms with Crippen LogP contribution in [0.2, 0.25) is 0 Å². The van der Waals surface area contributed by atoms with E-state index >= 15 is 0 Å². The van der Waals surface area contributed by atoms with Crippen molar-refractivity contribution in [2.75, 3.05) is 7.11 Å². The lowest BCUT2D eigenvalue weighted by Gasteiger charge is -2.06. The second-order valence-electron chi connectivity index (χ2n) is 4.28. The maximum absolute atomic E-state index is 10.6. The molecule has 0 saturated heterocycles. The molecule has 0 amide bonds. The zero-order valence-corrected chi connectivity index (χ0v) is 11.5. The molecule has 0 spiro atoms. The van der Waals surface area contributed by atoms with Gasteiger partial charge in [-0.3, -0.25) is 10.1 Å². The Bertz CT molecular complexity index is 696. The first kappa shape index (κ1) is 14.4. The van der Waals surface area contributed by atoms with E-state index in [9.17, 15) is 15.2 Å². The number of methoxy groups -OCH3 is 1. The Labute approximate surface area is 120 Å². The van der Waals surface area contributed by atoms with Crippen molar-refractivity contribution < 1.29 is 14.8 Å². The summed E-state index contributed by atoms with van der Waals surface area (Å²) in [6.07, 6.45) is 0. The molecule has 0 bridgehead atoms. The van der Waals surface area contributed by atoms with Crippen molar-refractivity contribution >= 4 is 17.1 Å². The Morgan fingerprint density at radius 2 is 1.86 bits per heavy atom. The number of non-ortho nitro benzene ring substituents is 1. The van der Waals surface area contributed by atoms with Gasteiger partial charge in [0.1, 0.15) is 17.2 Å². The molecule has 0 radical (unpaired) electrons. The lowest BCUT2D eigenvalue weighted by Crippen LogP contribution is -1.86. The minimum atomic E-state index is -0.484. The minimum absolute atomic E-state index is 0.0143. The highest BCUT2D eigenvalue weighted by atomic mass is 16.6. The number of hydrogen-bond acceptors (Lipinski definition) is 6. The number of rotatable bonds is 4. The largest absolute Gasteiger partial charge is 0.508 e. The first-order valence-corrected chi connectivity index (χ1v) is 6.05. The van der Waals surface area contributed by atoms with E-state index in [2.05, 4.69) is 10.2 Å². The van der Waals surface area contributed by atoms with Gasteiger partial charge in [0.2, 0.25) is 0 Å². The fourth-order valence-corrected chi connectivity index (χ4v) is 1.65. The topological polar surface area (TPSA) is 97.3 Å². The summed E-state index contributed by atoms with van der Waals surface area (Å²) in [7, 11) is 1.50. The van der Waals surface area contributed by atoms with Crippen LogP contribution in [-0.4, -0.2) is 17.1 Å². The minimum Gasteiger partial charge on any atom is -0.508 e. The first-order valence-electron chi connectivity index (χ1n) is 6.05. The van der Waals surface area contributed by atoms with Crippen molar-refractivity contribution in [2.24, 2.45) is 10.2 Å². The summed E-state index contributed by atoms with van der Waals surface area (Å²) in [6, 6.07) is 8.77. The van der Waals surface area contributed by atoms with Crippen molar-refractivity contribution in [3.05, 3.63) is 52.1 Å². The summed E-state index contributed by atoms with van der Waals surface area (Å²) in [5.41, 5.74) is 1.49. The van der Waals surface area contributed by atoms with Crippen molar-refractivity contribution in [3.8, 4) is 11.5 Å². The molecule has 0 atom stereocenters. The monoisotopic (exact) mass is 287 g/mol. The first-order chi connectivity index (χ1) is 10.0. The molecule has 0 aliphatic carbocycles. The summed E-state index contributed by atoms with van der Waals surface area (Å²) in [5, 5.41) is 28.2. The Hall–Kier alpha value is -2.96. The molecule has 0 aliphatic heterocycles. The number of aryl methyl sites for hydroxylation is 1. The average molecular weight is 287 g/mol. The number of nitro benzene ring substituents is 1. The van der Waals surface area contributed by atoms with Crippen molar-refractivity contribution in [1.82, 2.24) is 0 Å². The molecule has 2 aromatic carbocycles. The SMILES string of the molecule is COc1cc(C)c(O)cc1N=Nc1ccc([N+](=O)[O-])cc1. The van der Waals surface area contributed by atoms with Gasteiger partial charge < -0.3 is 9.84 Å². The highest BCUT2D eigenvalue weighted by Crippen LogP contribution is 2.35. The van der Waals surface area contributed by atoms with Crippen LogP contribution >= 0.6 is 0 Å². The molecular weight excluding hydrogens is 274 g/mol. The molecule has 21 heavy (non-hydrogen) atoms.